The molecule has 0 saturated carbocycles. The Labute approximate surface area is 90.9 Å². The zero-order chi connectivity index (χ0) is 10.4. The van der Waals surface area contributed by atoms with Crippen molar-refractivity contribution in [1.82, 2.24) is 0 Å². The molecule has 1 aromatic carbocycles. The second-order valence-corrected chi connectivity index (χ2v) is 4.95. The molecule has 1 heterocycles. The standard InChI is InChI=1S/C13H18N2/c1-8-5-12(14)11-6-9-3-2-4-10(9)7-13(11)15-8/h6-8,12,15H,2-5,14H2,1H3/t8-,12+/m0/s1. The van der Waals surface area contributed by atoms with Gasteiger partial charge in [-0.3, -0.25) is 0 Å². The Morgan fingerprint density at radius 1 is 1.27 bits per heavy atom. The number of benzene rings is 1. The number of hydrogen-bond donors (Lipinski definition) is 2. The van der Waals surface area contributed by atoms with E-state index in [0.29, 0.717) is 6.04 Å². The van der Waals surface area contributed by atoms with Crippen LogP contribution in [0.25, 0.3) is 0 Å². The molecule has 2 aliphatic rings. The summed E-state index contributed by atoms with van der Waals surface area (Å²) in [7, 11) is 0. The SMILES string of the molecule is C[C@H]1C[C@@H](N)c2cc3c(cc2N1)CCC3. The first-order chi connectivity index (χ1) is 7.24. The Balaban J connectivity index is 2.09. The molecule has 1 aliphatic carbocycles. The maximum Gasteiger partial charge on any atom is 0.0393 e. The molecule has 1 aromatic rings. The molecule has 0 spiro atoms. The van der Waals surface area contributed by atoms with Crippen molar-refractivity contribution in [1.29, 1.82) is 0 Å². The zero-order valence-corrected chi connectivity index (χ0v) is 9.22. The summed E-state index contributed by atoms with van der Waals surface area (Å²) in [6, 6.07) is 5.39. The summed E-state index contributed by atoms with van der Waals surface area (Å²) in [5, 5.41) is 3.54. The van der Waals surface area contributed by atoms with E-state index in [0.717, 1.165) is 6.42 Å². The Bertz CT molecular complexity index is 398. The van der Waals surface area contributed by atoms with E-state index in [1.165, 1.54) is 41.6 Å². The minimum absolute atomic E-state index is 0.224. The van der Waals surface area contributed by atoms with Gasteiger partial charge < -0.3 is 11.1 Å². The first-order valence-electron chi connectivity index (χ1n) is 5.92. The highest BCUT2D eigenvalue weighted by Gasteiger charge is 2.23. The highest BCUT2D eigenvalue weighted by atomic mass is 14.9. The van der Waals surface area contributed by atoms with Crippen LogP contribution in [0.4, 0.5) is 5.69 Å². The predicted octanol–water partition coefficient (Wildman–Crippen LogP) is 2.38. The van der Waals surface area contributed by atoms with Gasteiger partial charge >= 0.3 is 0 Å². The maximum atomic E-state index is 6.19. The van der Waals surface area contributed by atoms with Gasteiger partial charge in [0.25, 0.3) is 0 Å². The van der Waals surface area contributed by atoms with Crippen molar-refractivity contribution in [2.45, 2.75) is 44.7 Å². The van der Waals surface area contributed by atoms with E-state index in [1.807, 2.05) is 0 Å². The first kappa shape index (κ1) is 9.22. The average molecular weight is 202 g/mol. The molecule has 0 unspecified atom stereocenters. The molecule has 0 fully saturated rings. The van der Waals surface area contributed by atoms with Gasteiger partial charge in [0, 0.05) is 17.8 Å². The number of nitrogens with one attached hydrogen (secondary N) is 1. The van der Waals surface area contributed by atoms with Crippen LogP contribution in [0, 0.1) is 0 Å². The Kier molecular flexibility index (Phi) is 1.99. The summed E-state index contributed by atoms with van der Waals surface area (Å²) in [6.07, 6.45) is 4.84. The van der Waals surface area contributed by atoms with Crippen LogP contribution in [-0.2, 0) is 12.8 Å². The van der Waals surface area contributed by atoms with Gasteiger partial charge in [0.15, 0.2) is 0 Å². The number of rotatable bonds is 0. The Morgan fingerprint density at radius 2 is 2.00 bits per heavy atom. The van der Waals surface area contributed by atoms with Crippen LogP contribution >= 0.6 is 0 Å². The molecule has 0 aromatic heterocycles. The Morgan fingerprint density at radius 3 is 2.80 bits per heavy atom. The molecule has 2 atom stereocenters. The van der Waals surface area contributed by atoms with Crippen LogP contribution in [0.3, 0.4) is 0 Å². The fraction of sp³-hybridized carbons (Fsp3) is 0.538. The first-order valence-corrected chi connectivity index (χ1v) is 5.92. The summed E-state index contributed by atoms with van der Waals surface area (Å²) in [5.74, 6) is 0. The highest BCUT2D eigenvalue weighted by Crippen LogP contribution is 2.36. The van der Waals surface area contributed by atoms with E-state index in [-0.39, 0.29) is 6.04 Å². The fourth-order valence-electron chi connectivity index (χ4n) is 2.91. The molecule has 15 heavy (non-hydrogen) atoms. The molecular weight excluding hydrogens is 184 g/mol. The average Bonchev–Trinajstić information content (AvgIpc) is 2.61. The van der Waals surface area contributed by atoms with Gasteiger partial charge in [-0.25, -0.2) is 0 Å². The van der Waals surface area contributed by atoms with Crippen molar-refractivity contribution in [3.05, 3.63) is 28.8 Å². The summed E-state index contributed by atoms with van der Waals surface area (Å²) < 4.78 is 0. The van der Waals surface area contributed by atoms with Gasteiger partial charge in [-0.05, 0) is 55.4 Å². The molecule has 0 saturated heterocycles. The van der Waals surface area contributed by atoms with Crippen LogP contribution < -0.4 is 11.1 Å². The monoisotopic (exact) mass is 202 g/mol. The van der Waals surface area contributed by atoms with Crippen molar-refractivity contribution in [3.8, 4) is 0 Å². The summed E-state index contributed by atoms with van der Waals surface area (Å²) in [5.41, 5.74) is 11.9. The van der Waals surface area contributed by atoms with E-state index in [2.05, 4.69) is 24.4 Å². The quantitative estimate of drug-likeness (QED) is 0.678. The van der Waals surface area contributed by atoms with Gasteiger partial charge in [-0.15, -0.1) is 0 Å². The largest absolute Gasteiger partial charge is 0.382 e. The van der Waals surface area contributed by atoms with Crippen molar-refractivity contribution in [2.75, 3.05) is 5.32 Å². The molecule has 0 radical (unpaired) electrons. The van der Waals surface area contributed by atoms with Crippen molar-refractivity contribution in [2.24, 2.45) is 5.73 Å². The lowest BCUT2D eigenvalue weighted by Crippen LogP contribution is -2.29. The van der Waals surface area contributed by atoms with Gasteiger partial charge in [-0.1, -0.05) is 6.07 Å². The molecule has 80 valence electrons. The summed E-state index contributed by atoms with van der Waals surface area (Å²) >= 11 is 0. The molecular formula is C13H18N2. The lowest BCUT2D eigenvalue weighted by Gasteiger charge is -2.29. The van der Waals surface area contributed by atoms with Crippen molar-refractivity contribution >= 4 is 5.69 Å². The molecule has 0 amide bonds. The fourth-order valence-corrected chi connectivity index (χ4v) is 2.91. The summed E-state index contributed by atoms with van der Waals surface area (Å²) in [4.78, 5) is 0. The number of anilines is 1. The van der Waals surface area contributed by atoms with Crippen LogP contribution in [0.15, 0.2) is 12.1 Å². The number of fused-ring (bicyclic) bond motifs is 2. The lowest BCUT2D eigenvalue weighted by molar-refractivity contribution is 0.570. The predicted molar refractivity (Wildman–Crippen MR) is 63.1 cm³/mol. The van der Waals surface area contributed by atoms with E-state index in [1.54, 1.807) is 0 Å². The van der Waals surface area contributed by atoms with Crippen molar-refractivity contribution < 1.29 is 0 Å². The smallest absolute Gasteiger partial charge is 0.0393 e. The van der Waals surface area contributed by atoms with E-state index in [4.69, 9.17) is 5.73 Å². The number of hydrogen-bond acceptors (Lipinski definition) is 2. The second-order valence-electron chi connectivity index (χ2n) is 4.95. The zero-order valence-electron chi connectivity index (χ0n) is 9.22. The maximum absolute atomic E-state index is 6.19. The minimum Gasteiger partial charge on any atom is -0.382 e. The third-order valence-electron chi connectivity index (χ3n) is 3.67. The van der Waals surface area contributed by atoms with Crippen LogP contribution in [0.5, 0.6) is 0 Å². The number of aryl methyl sites for hydroxylation is 2. The molecule has 2 heteroatoms. The van der Waals surface area contributed by atoms with E-state index < -0.39 is 0 Å². The molecule has 0 bridgehead atoms. The van der Waals surface area contributed by atoms with E-state index >= 15 is 0 Å². The third-order valence-corrected chi connectivity index (χ3v) is 3.67. The molecule has 1 aliphatic heterocycles. The Hall–Kier alpha value is -1.02. The topological polar surface area (TPSA) is 38.0 Å². The van der Waals surface area contributed by atoms with Crippen LogP contribution in [0.2, 0.25) is 0 Å². The van der Waals surface area contributed by atoms with Gasteiger partial charge in [0.1, 0.15) is 0 Å². The molecule has 3 N–H and O–H groups in total. The number of nitrogens with two attached hydrogens (primary N) is 1. The molecule has 3 rings (SSSR count). The van der Waals surface area contributed by atoms with E-state index in [9.17, 15) is 0 Å². The third kappa shape index (κ3) is 1.44. The van der Waals surface area contributed by atoms with Crippen LogP contribution in [-0.4, -0.2) is 6.04 Å². The van der Waals surface area contributed by atoms with Gasteiger partial charge in [0.05, 0.1) is 0 Å². The van der Waals surface area contributed by atoms with Crippen LogP contribution in [0.1, 0.15) is 42.5 Å². The lowest BCUT2D eigenvalue weighted by atomic mass is 9.91. The second kappa shape index (κ2) is 3.24. The summed E-state index contributed by atoms with van der Waals surface area (Å²) in [6.45, 7) is 2.20. The van der Waals surface area contributed by atoms with Gasteiger partial charge in [0.2, 0.25) is 0 Å². The highest BCUT2D eigenvalue weighted by molar-refractivity contribution is 5.60. The normalized spacial score (nSPS) is 28.1. The minimum atomic E-state index is 0.224. The van der Waals surface area contributed by atoms with Gasteiger partial charge in [-0.2, -0.15) is 0 Å². The molecule has 2 nitrogen and oxygen atoms in total. The van der Waals surface area contributed by atoms with Crippen molar-refractivity contribution in [3.63, 3.8) is 0 Å².